The minimum atomic E-state index is -3.52. The maximum Gasteiger partial charge on any atom is 0.242 e. The Morgan fingerprint density at radius 1 is 1.47 bits per heavy atom. The Bertz CT molecular complexity index is 537. The van der Waals surface area contributed by atoms with Gasteiger partial charge in [-0.25, -0.2) is 13.1 Å². The van der Waals surface area contributed by atoms with Crippen molar-refractivity contribution in [3.8, 4) is 0 Å². The minimum Gasteiger partial charge on any atom is -0.398 e. The van der Waals surface area contributed by atoms with Crippen LogP contribution < -0.4 is 10.5 Å². The SMILES string of the molecule is Cc1ccc(S(=O)(=O)NCCC2CCOC2)c(N)c1. The van der Waals surface area contributed by atoms with E-state index in [2.05, 4.69) is 4.72 Å². The zero-order valence-electron chi connectivity index (χ0n) is 11.1. The van der Waals surface area contributed by atoms with E-state index in [0.29, 0.717) is 12.5 Å². The van der Waals surface area contributed by atoms with Gasteiger partial charge in [0.25, 0.3) is 0 Å². The molecule has 1 saturated heterocycles. The summed E-state index contributed by atoms with van der Waals surface area (Å²) in [4.78, 5) is 0.153. The first-order valence-electron chi connectivity index (χ1n) is 6.42. The van der Waals surface area contributed by atoms with Gasteiger partial charge in [-0.1, -0.05) is 6.07 Å². The van der Waals surface area contributed by atoms with Crippen molar-refractivity contribution in [3.05, 3.63) is 23.8 Å². The minimum absolute atomic E-state index is 0.153. The van der Waals surface area contributed by atoms with Gasteiger partial charge in [0.2, 0.25) is 10.0 Å². The number of benzene rings is 1. The highest BCUT2D eigenvalue weighted by Crippen LogP contribution is 2.20. The Morgan fingerprint density at radius 2 is 2.26 bits per heavy atom. The summed E-state index contributed by atoms with van der Waals surface area (Å²) in [5, 5.41) is 0. The van der Waals surface area contributed by atoms with E-state index in [1.165, 1.54) is 0 Å². The van der Waals surface area contributed by atoms with Crippen LogP contribution in [0.15, 0.2) is 23.1 Å². The molecule has 1 unspecified atom stereocenters. The average Bonchev–Trinajstić information content (AvgIpc) is 2.81. The predicted molar refractivity (Wildman–Crippen MR) is 74.3 cm³/mol. The van der Waals surface area contributed by atoms with Gasteiger partial charge < -0.3 is 10.5 Å². The van der Waals surface area contributed by atoms with Crippen molar-refractivity contribution in [3.63, 3.8) is 0 Å². The van der Waals surface area contributed by atoms with Gasteiger partial charge >= 0.3 is 0 Å². The lowest BCUT2D eigenvalue weighted by atomic mass is 10.1. The Kier molecular flexibility index (Phi) is 4.44. The van der Waals surface area contributed by atoms with Crippen LogP contribution in [0.4, 0.5) is 5.69 Å². The van der Waals surface area contributed by atoms with E-state index in [1.807, 2.05) is 6.92 Å². The van der Waals surface area contributed by atoms with E-state index in [0.717, 1.165) is 31.6 Å². The van der Waals surface area contributed by atoms with Crippen LogP contribution in [-0.2, 0) is 14.8 Å². The van der Waals surface area contributed by atoms with Gasteiger partial charge in [-0.05, 0) is 43.4 Å². The fourth-order valence-corrected chi connectivity index (χ4v) is 3.36. The summed E-state index contributed by atoms with van der Waals surface area (Å²) in [6.07, 6.45) is 1.80. The number of ether oxygens (including phenoxy) is 1. The molecule has 106 valence electrons. The summed E-state index contributed by atoms with van der Waals surface area (Å²) in [6.45, 7) is 3.81. The van der Waals surface area contributed by atoms with Gasteiger partial charge in [0, 0.05) is 19.8 Å². The van der Waals surface area contributed by atoms with Gasteiger partial charge in [-0.2, -0.15) is 0 Å². The summed E-state index contributed by atoms with van der Waals surface area (Å²) < 4.78 is 32.1. The van der Waals surface area contributed by atoms with Gasteiger partial charge in [0.15, 0.2) is 0 Å². The lowest BCUT2D eigenvalue weighted by molar-refractivity contribution is 0.184. The molecule has 1 aliphatic heterocycles. The molecular formula is C13H20N2O3S. The molecule has 0 spiro atoms. The number of nitrogen functional groups attached to an aromatic ring is 1. The Labute approximate surface area is 114 Å². The third-order valence-corrected chi connectivity index (χ3v) is 4.86. The molecule has 1 aromatic carbocycles. The van der Waals surface area contributed by atoms with Crippen LogP contribution in [0.3, 0.4) is 0 Å². The topological polar surface area (TPSA) is 81.4 Å². The lowest BCUT2D eigenvalue weighted by Crippen LogP contribution is -2.27. The van der Waals surface area contributed by atoms with Crippen molar-refractivity contribution in [2.24, 2.45) is 5.92 Å². The third kappa shape index (κ3) is 3.68. The van der Waals surface area contributed by atoms with Crippen molar-refractivity contribution in [2.75, 3.05) is 25.5 Å². The highest BCUT2D eigenvalue weighted by Gasteiger charge is 2.19. The van der Waals surface area contributed by atoms with Crippen LogP contribution in [0.2, 0.25) is 0 Å². The van der Waals surface area contributed by atoms with E-state index >= 15 is 0 Å². The summed E-state index contributed by atoms with van der Waals surface area (Å²) in [6, 6.07) is 4.96. The first-order valence-corrected chi connectivity index (χ1v) is 7.91. The molecule has 1 fully saturated rings. The van der Waals surface area contributed by atoms with Gasteiger partial charge in [-0.15, -0.1) is 0 Å². The monoisotopic (exact) mass is 284 g/mol. The van der Waals surface area contributed by atoms with Crippen molar-refractivity contribution in [1.82, 2.24) is 4.72 Å². The second kappa shape index (κ2) is 5.90. The maximum absolute atomic E-state index is 12.1. The van der Waals surface area contributed by atoms with Crippen LogP contribution in [0.5, 0.6) is 0 Å². The van der Waals surface area contributed by atoms with Crippen molar-refractivity contribution < 1.29 is 13.2 Å². The molecule has 6 heteroatoms. The second-order valence-electron chi connectivity index (χ2n) is 4.96. The van der Waals surface area contributed by atoms with E-state index < -0.39 is 10.0 Å². The fraction of sp³-hybridized carbons (Fsp3) is 0.538. The van der Waals surface area contributed by atoms with E-state index in [1.54, 1.807) is 18.2 Å². The number of hydrogen-bond acceptors (Lipinski definition) is 4. The number of sulfonamides is 1. The van der Waals surface area contributed by atoms with E-state index in [9.17, 15) is 8.42 Å². The molecular weight excluding hydrogens is 264 g/mol. The zero-order chi connectivity index (χ0) is 13.9. The Morgan fingerprint density at radius 3 is 2.89 bits per heavy atom. The lowest BCUT2D eigenvalue weighted by Gasteiger charge is -2.11. The molecule has 0 bridgehead atoms. The largest absolute Gasteiger partial charge is 0.398 e. The van der Waals surface area contributed by atoms with Crippen LogP contribution >= 0.6 is 0 Å². The normalized spacial score (nSPS) is 19.7. The van der Waals surface area contributed by atoms with Crippen LogP contribution in [0, 0.1) is 12.8 Å². The number of anilines is 1. The summed E-state index contributed by atoms with van der Waals surface area (Å²) in [5.41, 5.74) is 6.99. The summed E-state index contributed by atoms with van der Waals surface area (Å²) in [7, 11) is -3.52. The van der Waals surface area contributed by atoms with Gasteiger partial charge in [-0.3, -0.25) is 0 Å². The molecule has 1 aromatic rings. The number of nitrogens with one attached hydrogen (secondary N) is 1. The molecule has 19 heavy (non-hydrogen) atoms. The number of rotatable bonds is 5. The fourth-order valence-electron chi connectivity index (χ4n) is 2.20. The molecule has 0 aromatic heterocycles. The summed E-state index contributed by atoms with van der Waals surface area (Å²) in [5.74, 6) is 0.457. The molecule has 0 aliphatic carbocycles. The van der Waals surface area contributed by atoms with Crippen LogP contribution in [0.1, 0.15) is 18.4 Å². The first-order chi connectivity index (χ1) is 8.99. The third-order valence-electron chi connectivity index (χ3n) is 3.32. The van der Waals surface area contributed by atoms with Crippen molar-refractivity contribution in [2.45, 2.75) is 24.7 Å². The zero-order valence-corrected chi connectivity index (χ0v) is 11.9. The number of hydrogen-bond donors (Lipinski definition) is 2. The molecule has 0 radical (unpaired) electrons. The number of nitrogens with two attached hydrogens (primary N) is 1. The maximum atomic E-state index is 12.1. The first kappa shape index (κ1) is 14.3. The molecule has 5 nitrogen and oxygen atoms in total. The predicted octanol–water partition coefficient (Wildman–Crippen LogP) is 1.28. The van der Waals surface area contributed by atoms with Crippen LogP contribution in [0.25, 0.3) is 0 Å². The highest BCUT2D eigenvalue weighted by atomic mass is 32.2. The quantitative estimate of drug-likeness (QED) is 0.798. The van der Waals surface area contributed by atoms with Crippen molar-refractivity contribution >= 4 is 15.7 Å². The Hall–Kier alpha value is -1.11. The van der Waals surface area contributed by atoms with Crippen molar-refractivity contribution in [1.29, 1.82) is 0 Å². The van der Waals surface area contributed by atoms with Crippen LogP contribution in [-0.4, -0.2) is 28.2 Å². The standard InChI is InChI=1S/C13H20N2O3S/c1-10-2-3-13(12(14)8-10)19(16,17)15-6-4-11-5-7-18-9-11/h2-3,8,11,15H,4-7,9,14H2,1H3. The van der Waals surface area contributed by atoms with Gasteiger partial charge in [0.1, 0.15) is 4.90 Å². The molecule has 0 amide bonds. The van der Waals surface area contributed by atoms with E-state index in [-0.39, 0.29) is 10.6 Å². The smallest absolute Gasteiger partial charge is 0.242 e. The molecule has 1 atom stereocenters. The number of aryl methyl sites for hydroxylation is 1. The molecule has 1 aliphatic rings. The average molecular weight is 284 g/mol. The molecule has 1 heterocycles. The Balaban J connectivity index is 1.97. The second-order valence-corrected chi connectivity index (χ2v) is 6.69. The summed E-state index contributed by atoms with van der Waals surface area (Å²) >= 11 is 0. The molecule has 2 rings (SSSR count). The van der Waals surface area contributed by atoms with Gasteiger partial charge in [0.05, 0.1) is 5.69 Å². The molecule has 0 saturated carbocycles. The molecule has 3 N–H and O–H groups in total. The highest BCUT2D eigenvalue weighted by molar-refractivity contribution is 7.89. The van der Waals surface area contributed by atoms with E-state index in [4.69, 9.17) is 10.5 Å².